The summed E-state index contributed by atoms with van der Waals surface area (Å²) in [4.78, 5) is 11.5. The Morgan fingerprint density at radius 3 is 2.96 bits per heavy atom. The van der Waals surface area contributed by atoms with Crippen molar-refractivity contribution in [3.63, 3.8) is 0 Å². The number of hydrogen-bond donors (Lipinski definition) is 3. The normalized spacial score (nSPS) is 10.7. The highest BCUT2D eigenvalue weighted by molar-refractivity contribution is 5.91. The molecule has 0 fully saturated rings. The third-order valence-electron chi connectivity index (χ3n) is 2.88. The second kappa shape index (κ2) is 7.56. The molecule has 0 aliphatic heterocycles. The van der Waals surface area contributed by atoms with E-state index in [1.165, 1.54) is 13.3 Å². The van der Waals surface area contributed by atoms with E-state index in [0.29, 0.717) is 23.5 Å². The average Bonchev–Trinajstić information content (AvgIpc) is 3.10. The van der Waals surface area contributed by atoms with Gasteiger partial charge in [-0.2, -0.15) is 10.5 Å². The molecule has 2 rings (SSSR count). The molecule has 2 aromatic rings. The molecule has 0 radical (unpaired) electrons. The quantitative estimate of drug-likeness (QED) is 0.690. The number of hydrogen-bond acceptors (Lipinski definition) is 7. The molecule has 0 saturated heterocycles. The predicted octanol–water partition coefficient (Wildman–Crippen LogP) is 1.53. The van der Waals surface area contributed by atoms with Crippen molar-refractivity contribution in [3.8, 4) is 11.8 Å². The molecule has 0 bridgehead atoms. The maximum Gasteiger partial charge on any atom is 0.224 e. The number of benzene rings is 1. The summed E-state index contributed by atoms with van der Waals surface area (Å²) < 4.78 is 5.25. The van der Waals surface area contributed by atoms with E-state index in [4.69, 9.17) is 10.00 Å². The second-order valence-electron chi connectivity index (χ2n) is 4.37. The minimum atomic E-state index is -0.0961. The van der Waals surface area contributed by atoms with Crippen LogP contribution in [0.5, 0.6) is 5.75 Å². The molecular formula is C14H15N7O2. The summed E-state index contributed by atoms with van der Waals surface area (Å²) in [5, 5.41) is 28.0. The van der Waals surface area contributed by atoms with Crippen LogP contribution in [-0.2, 0) is 4.79 Å². The van der Waals surface area contributed by atoms with Gasteiger partial charge in [0, 0.05) is 18.3 Å². The summed E-state index contributed by atoms with van der Waals surface area (Å²) in [6.45, 7) is 1.77. The zero-order chi connectivity index (χ0) is 16.7. The van der Waals surface area contributed by atoms with Crippen molar-refractivity contribution < 1.29 is 9.53 Å². The van der Waals surface area contributed by atoms with Gasteiger partial charge in [0.1, 0.15) is 17.4 Å². The smallest absolute Gasteiger partial charge is 0.224 e. The van der Waals surface area contributed by atoms with Crippen LogP contribution in [0.2, 0.25) is 0 Å². The number of nitrogens with zero attached hydrogens (tertiary/aromatic N) is 4. The van der Waals surface area contributed by atoms with Crippen LogP contribution in [0, 0.1) is 11.3 Å². The number of H-pyrrole nitrogens is 1. The molecule has 1 aromatic carbocycles. The van der Waals surface area contributed by atoms with Crippen LogP contribution >= 0.6 is 0 Å². The first kappa shape index (κ1) is 16.0. The van der Waals surface area contributed by atoms with Crippen molar-refractivity contribution in [3.05, 3.63) is 30.2 Å². The lowest BCUT2D eigenvalue weighted by atomic mass is 10.2. The van der Waals surface area contributed by atoms with Gasteiger partial charge in [0.25, 0.3) is 0 Å². The van der Waals surface area contributed by atoms with Crippen molar-refractivity contribution in [2.75, 3.05) is 17.7 Å². The molecule has 9 nitrogen and oxygen atoms in total. The Labute approximate surface area is 132 Å². The molecule has 0 atom stereocenters. The number of rotatable bonds is 6. The fourth-order valence-electron chi connectivity index (χ4n) is 1.72. The zero-order valence-corrected chi connectivity index (χ0v) is 12.6. The number of tetrazole rings is 1. The number of nitriles is 1. The molecule has 3 N–H and O–H groups in total. The van der Waals surface area contributed by atoms with E-state index in [1.54, 1.807) is 25.1 Å². The third kappa shape index (κ3) is 4.04. The molecule has 0 aliphatic rings. The number of ether oxygens (including phenoxy) is 1. The van der Waals surface area contributed by atoms with E-state index >= 15 is 0 Å². The highest BCUT2D eigenvalue weighted by Gasteiger charge is 2.08. The van der Waals surface area contributed by atoms with Crippen molar-refractivity contribution in [1.29, 1.82) is 5.26 Å². The topological polar surface area (TPSA) is 129 Å². The molecular weight excluding hydrogens is 298 g/mol. The van der Waals surface area contributed by atoms with E-state index in [9.17, 15) is 4.79 Å². The largest absolute Gasteiger partial charge is 0.495 e. The SMILES string of the molecule is CCC(=O)Nc1ccc(OC)c(NC=C(C#N)c2nn[nH]n2)c1. The van der Waals surface area contributed by atoms with E-state index in [0.717, 1.165) is 0 Å². The van der Waals surface area contributed by atoms with Crippen molar-refractivity contribution in [2.24, 2.45) is 0 Å². The minimum absolute atomic E-state index is 0.0961. The first-order valence-electron chi connectivity index (χ1n) is 6.76. The van der Waals surface area contributed by atoms with Crippen LogP contribution in [0.25, 0.3) is 5.57 Å². The number of aromatic nitrogens is 4. The summed E-state index contributed by atoms with van der Waals surface area (Å²) in [7, 11) is 1.53. The van der Waals surface area contributed by atoms with Gasteiger partial charge in [0.15, 0.2) is 0 Å². The molecule has 1 amide bonds. The van der Waals surface area contributed by atoms with Crippen LogP contribution < -0.4 is 15.4 Å². The Morgan fingerprint density at radius 1 is 1.52 bits per heavy atom. The van der Waals surface area contributed by atoms with Gasteiger partial charge in [-0.25, -0.2) is 0 Å². The van der Waals surface area contributed by atoms with Crippen molar-refractivity contribution >= 4 is 22.9 Å². The third-order valence-corrected chi connectivity index (χ3v) is 2.88. The van der Waals surface area contributed by atoms with Crippen LogP contribution in [0.15, 0.2) is 24.4 Å². The average molecular weight is 313 g/mol. The molecule has 1 heterocycles. The molecule has 23 heavy (non-hydrogen) atoms. The fourth-order valence-corrected chi connectivity index (χ4v) is 1.72. The van der Waals surface area contributed by atoms with Crippen molar-refractivity contribution in [1.82, 2.24) is 20.6 Å². The first-order valence-corrected chi connectivity index (χ1v) is 6.76. The first-order chi connectivity index (χ1) is 11.2. The monoisotopic (exact) mass is 313 g/mol. The number of allylic oxidation sites excluding steroid dienone is 1. The number of nitrogens with one attached hydrogen (secondary N) is 3. The molecule has 1 aromatic heterocycles. The number of methoxy groups -OCH3 is 1. The maximum atomic E-state index is 11.5. The van der Waals surface area contributed by atoms with Gasteiger partial charge in [-0.1, -0.05) is 6.92 Å². The van der Waals surface area contributed by atoms with Crippen LogP contribution in [0.3, 0.4) is 0 Å². The Hall–Kier alpha value is -3.41. The lowest BCUT2D eigenvalue weighted by Crippen LogP contribution is -2.09. The number of anilines is 2. The van der Waals surface area contributed by atoms with Crippen LogP contribution in [-0.4, -0.2) is 33.6 Å². The molecule has 0 saturated carbocycles. The lowest BCUT2D eigenvalue weighted by molar-refractivity contribution is -0.115. The number of carbonyl (C=O) groups is 1. The molecule has 118 valence electrons. The van der Waals surface area contributed by atoms with Gasteiger partial charge in [0.2, 0.25) is 11.7 Å². The van der Waals surface area contributed by atoms with Gasteiger partial charge in [-0.15, -0.1) is 10.2 Å². The van der Waals surface area contributed by atoms with E-state index < -0.39 is 0 Å². The second-order valence-corrected chi connectivity index (χ2v) is 4.37. The Morgan fingerprint density at radius 2 is 2.35 bits per heavy atom. The van der Waals surface area contributed by atoms with Crippen molar-refractivity contribution in [2.45, 2.75) is 13.3 Å². The van der Waals surface area contributed by atoms with Gasteiger partial charge in [-0.3, -0.25) is 4.79 Å². The highest BCUT2D eigenvalue weighted by atomic mass is 16.5. The zero-order valence-electron chi connectivity index (χ0n) is 12.6. The minimum Gasteiger partial charge on any atom is -0.495 e. The summed E-state index contributed by atoms with van der Waals surface area (Å²) >= 11 is 0. The number of amides is 1. The summed E-state index contributed by atoms with van der Waals surface area (Å²) in [6.07, 6.45) is 1.82. The van der Waals surface area contributed by atoms with Crippen LogP contribution in [0.1, 0.15) is 19.2 Å². The number of carbonyl (C=O) groups excluding carboxylic acids is 1. The van der Waals surface area contributed by atoms with Gasteiger partial charge in [-0.05, 0) is 23.4 Å². The van der Waals surface area contributed by atoms with Crippen LogP contribution in [0.4, 0.5) is 11.4 Å². The van der Waals surface area contributed by atoms with E-state index in [2.05, 4.69) is 31.3 Å². The standard InChI is InChI=1S/C14H15N7O2/c1-3-13(22)17-10-4-5-12(23-2)11(6-10)16-8-9(7-15)14-18-20-21-19-14/h4-6,8,16H,3H2,1-2H3,(H,17,22)(H,18,19,20,21). The predicted molar refractivity (Wildman–Crippen MR) is 83.3 cm³/mol. The Bertz CT molecular complexity index is 747. The summed E-state index contributed by atoms with van der Waals surface area (Å²) in [6, 6.07) is 7.11. The molecule has 0 spiro atoms. The Kier molecular flexibility index (Phi) is 5.25. The van der Waals surface area contributed by atoms with E-state index in [1.807, 2.05) is 6.07 Å². The lowest BCUT2D eigenvalue weighted by Gasteiger charge is -2.11. The molecule has 0 unspecified atom stereocenters. The number of aromatic amines is 1. The molecule has 9 heteroatoms. The van der Waals surface area contributed by atoms with E-state index in [-0.39, 0.29) is 17.3 Å². The molecule has 0 aliphatic carbocycles. The van der Waals surface area contributed by atoms with Gasteiger partial charge < -0.3 is 15.4 Å². The van der Waals surface area contributed by atoms with Gasteiger partial charge in [0.05, 0.1) is 12.8 Å². The highest BCUT2D eigenvalue weighted by Crippen LogP contribution is 2.28. The Balaban J connectivity index is 2.25. The maximum absolute atomic E-state index is 11.5. The van der Waals surface area contributed by atoms with Gasteiger partial charge >= 0.3 is 0 Å². The summed E-state index contributed by atoms with van der Waals surface area (Å²) in [5.74, 6) is 0.636. The fraction of sp³-hybridized carbons (Fsp3) is 0.214. The summed E-state index contributed by atoms with van der Waals surface area (Å²) in [5.41, 5.74) is 1.40.